The standard InChI is InChI=1S/C30H22N4O2/c1-2-6-24-23(5-1)27(19-13-21(17-31-15-19)29-33-9-11-35-29)25-7-3-4-8-26(25)28(24)20-14-22(18-32-16-20)30-34-10-12-36-30/h1-8,13-18H,9-12H2. The first-order chi connectivity index (χ1) is 17.9. The zero-order valence-electron chi connectivity index (χ0n) is 19.5. The number of pyridine rings is 2. The van der Waals surface area contributed by atoms with Crippen molar-refractivity contribution in [3.8, 4) is 22.3 Å². The van der Waals surface area contributed by atoms with E-state index in [-0.39, 0.29) is 0 Å². The van der Waals surface area contributed by atoms with Crippen molar-refractivity contribution in [3.05, 3.63) is 96.6 Å². The maximum absolute atomic E-state index is 5.72. The van der Waals surface area contributed by atoms with Crippen molar-refractivity contribution in [2.45, 2.75) is 0 Å². The second-order valence-electron chi connectivity index (χ2n) is 8.84. The van der Waals surface area contributed by atoms with Gasteiger partial charge in [0.05, 0.1) is 24.2 Å². The first-order valence-corrected chi connectivity index (χ1v) is 12.1. The highest BCUT2D eigenvalue weighted by Gasteiger charge is 2.19. The van der Waals surface area contributed by atoms with Gasteiger partial charge in [0.25, 0.3) is 0 Å². The molecule has 0 unspecified atom stereocenters. The lowest BCUT2D eigenvalue weighted by molar-refractivity contribution is 0.348. The van der Waals surface area contributed by atoms with Crippen LogP contribution in [0.3, 0.4) is 0 Å². The van der Waals surface area contributed by atoms with Crippen LogP contribution < -0.4 is 0 Å². The van der Waals surface area contributed by atoms with Gasteiger partial charge in [0.15, 0.2) is 0 Å². The molecule has 6 nitrogen and oxygen atoms in total. The Bertz CT molecular complexity index is 1520. The van der Waals surface area contributed by atoms with Crippen molar-refractivity contribution in [2.24, 2.45) is 9.98 Å². The molecule has 0 saturated carbocycles. The van der Waals surface area contributed by atoms with E-state index in [1.54, 1.807) is 0 Å². The lowest BCUT2D eigenvalue weighted by Crippen LogP contribution is -2.02. The summed E-state index contributed by atoms with van der Waals surface area (Å²) >= 11 is 0. The van der Waals surface area contributed by atoms with Crippen LogP contribution in [0.25, 0.3) is 43.8 Å². The molecule has 0 atom stereocenters. The molecule has 0 saturated heterocycles. The quantitative estimate of drug-likeness (QED) is 0.317. The number of rotatable bonds is 4. The molecule has 2 aliphatic heterocycles. The van der Waals surface area contributed by atoms with Crippen LogP contribution in [-0.2, 0) is 9.47 Å². The number of hydrogen-bond donors (Lipinski definition) is 0. The predicted octanol–water partition coefficient (Wildman–Crippen LogP) is 5.67. The summed E-state index contributed by atoms with van der Waals surface area (Å²) in [6, 6.07) is 21.3. The number of aliphatic imine (C=N–C) groups is 2. The Morgan fingerprint density at radius 3 is 1.25 bits per heavy atom. The van der Waals surface area contributed by atoms with Crippen molar-refractivity contribution >= 4 is 33.3 Å². The monoisotopic (exact) mass is 470 g/mol. The number of fused-ring (bicyclic) bond motifs is 2. The summed E-state index contributed by atoms with van der Waals surface area (Å²) in [6.45, 7) is 2.60. The molecule has 3 aromatic carbocycles. The molecule has 0 aliphatic carbocycles. The zero-order valence-corrected chi connectivity index (χ0v) is 19.5. The minimum Gasteiger partial charge on any atom is -0.475 e. The Morgan fingerprint density at radius 2 is 0.889 bits per heavy atom. The fraction of sp³-hybridized carbons (Fsp3) is 0.133. The summed E-state index contributed by atoms with van der Waals surface area (Å²) < 4.78 is 11.4. The molecule has 0 N–H and O–H groups in total. The molecule has 4 heterocycles. The average Bonchev–Trinajstić information content (AvgIpc) is 3.67. The van der Waals surface area contributed by atoms with E-state index in [1.165, 1.54) is 0 Å². The molecular weight excluding hydrogens is 448 g/mol. The van der Waals surface area contributed by atoms with Crippen LogP contribution in [0.2, 0.25) is 0 Å². The lowest BCUT2D eigenvalue weighted by atomic mass is 9.86. The van der Waals surface area contributed by atoms with E-state index in [0.29, 0.717) is 38.1 Å². The maximum atomic E-state index is 5.72. The largest absolute Gasteiger partial charge is 0.475 e. The van der Waals surface area contributed by atoms with Gasteiger partial charge in [-0.15, -0.1) is 0 Å². The van der Waals surface area contributed by atoms with Gasteiger partial charge in [-0.2, -0.15) is 0 Å². The first kappa shape index (κ1) is 20.8. The number of benzene rings is 3. The molecule has 174 valence electrons. The summed E-state index contributed by atoms with van der Waals surface area (Å²) in [7, 11) is 0. The Hall–Kier alpha value is -4.58. The van der Waals surface area contributed by atoms with Crippen LogP contribution in [0.15, 0.2) is 95.4 Å². The average molecular weight is 471 g/mol. The van der Waals surface area contributed by atoms with Gasteiger partial charge in [0.2, 0.25) is 11.8 Å². The second-order valence-corrected chi connectivity index (χ2v) is 8.84. The van der Waals surface area contributed by atoms with Gasteiger partial charge in [0, 0.05) is 35.9 Å². The van der Waals surface area contributed by atoms with E-state index in [4.69, 9.17) is 9.47 Å². The van der Waals surface area contributed by atoms with Crippen molar-refractivity contribution in [2.75, 3.05) is 26.3 Å². The van der Waals surface area contributed by atoms with Gasteiger partial charge in [0.1, 0.15) is 13.2 Å². The fourth-order valence-corrected chi connectivity index (χ4v) is 5.16. The van der Waals surface area contributed by atoms with Gasteiger partial charge < -0.3 is 9.47 Å². The summed E-state index contributed by atoms with van der Waals surface area (Å²) in [4.78, 5) is 18.1. The van der Waals surface area contributed by atoms with Crippen molar-refractivity contribution in [1.82, 2.24) is 9.97 Å². The first-order valence-electron chi connectivity index (χ1n) is 12.1. The van der Waals surface area contributed by atoms with Crippen LogP contribution >= 0.6 is 0 Å². The van der Waals surface area contributed by atoms with Crippen LogP contribution in [-0.4, -0.2) is 48.1 Å². The molecule has 0 radical (unpaired) electrons. The number of nitrogens with zero attached hydrogens (tertiary/aromatic N) is 4. The summed E-state index contributed by atoms with van der Waals surface area (Å²) in [5, 5.41) is 4.61. The van der Waals surface area contributed by atoms with Crippen LogP contribution in [0, 0.1) is 0 Å². The third kappa shape index (κ3) is 3.41. The molecule has 0 fully saturated rings. The Morgan fingerprint density at radius 1 is 0.500 bits per heavy atom. The molecular formula is C30H22N4O2. The number of ether oxygens (including phenoxy) is 2. The normalized spacial score (nSPS) is 15.0. The number of hydrogen-bond acceptors (Lipinski definition) is 6. The minimum atomic E-state index is 0.616. The van der Waals surface area contributed by atoms with E-state index in [2.05, 4.69) is 80.6 Å². The molecule has 2 aromatic heterocycles. The summed E-state index contributed by atoms with van der Waals surface area (Å²) in [6.07, 6.45) is 7.48. The van der Waals surface area contributed by atoms with E-state index in [1.807, 2.05) is 24.8 Å². The highest BCUT2D eigenvalue weighted by atomic mass is 16.5. The zero-order chi connectivity index (χ0) is 23.9. The van der Waals surface area contributed by atoms with Crippen molar-refractivity contribution < 1.29 is 9.47 Å². The fourth-order valence-electron chi connectivity index (χ4n) is 5.16. The summed E-state index contributed by atoms with van der Waals surface area (Å²) in [5.74, 6) is 1.32. The SMILES string of the molecule is c1ccc2c(-c3cncc(C4=NCCO4)c3)c3ccccc3c(-c3cncc(C4=NCCO4)c3)c2c1. The van der Waals surface area contributed by atoms with Gasteiger partial charge in [-0.05, 0) is 44.8 Å². The minimum absolute atomic E-state index is 0.616. The maximum Gasteiger partial charge on any atom is 0.217 e. The van der Waals surface area contributed by atoms with Crippen LogP contribution in [0.1, 0.15) is 11.1 Å². The Labute approximate surface area is 208 Å². The van der Waals surface area contributed by atoms with Crippen LogP contribution in [0.5, 0.6) is 0 Å². The highest BCUT2D eigenvalue weighted by molar-refractivity contribution is 6.21. The van der Waals surface area contributed by atoms with Gasteiger partial charge >= 0.3 is 0 Å². The van der Waals surface area contributed by atoms with Crippen molar-refractivity contribution in [3.63, 3.8) is 0 Å². The van der Waals surface area contributed by atoms with Crippen molar-refractivity contribution in [1.29, 1.82) is 0 Å². The predicted molar refractivity (Wildman–Crippen MR) is 143 cm³/mol. The molecule has 0 spiro atoms. The second kappa shape index (κ2) is 8.57. The number of aromatic nitrogens is 2. The van der Waals surface area contributed by atoms with E-state index < -0.39 is 0 Å². The molecule has 5 aromatic rings. The van der Waals surface area contributed by atoms with E-state index >= 15 is 0 Å². The Kier molecular flexibility index (Phi) is 4.94. The molecule has 0 amide bonds. The van der Waals surface area contributed by atoms with Crippen LogP contribution in [0.4, 0.5) is 0 Å². The topological polar surface area (TPSA) is 69.0 Å². The molecule has 2 aliphatic rings. The third-order valence-corrected chi connectivity index (χ3v) is 6.65. The smallest absolute Gasteiger partial charge is 0.217 e. The van der Waals surface area contributed by atoms with Gasteiger partial charge in [-0.3, -0.25) is 9.97 Å². The molecule has 6 heteroatoms. The molecule has 7 rings (SSSR count). The molecule has 36 heavy (non-hydrogen) atoms. The lowest BCUT2D eigenvalue weighted by Gasteiger charge is -2.18. The van der Waals surface area contributed by atoms with Gasteiger partial charge in [-0.1, -0.05) is 48.5 Å². The Balaban J connectivity index is 1.51. The van der Waals surface area contributed by atoms with Gasteiger partial charge in [-0.25, -0.2) is 9.98 Å². The van der Waals surface area contributed by atoms with E-state index in [9.17, 15) is 0 Å². The third-order valence-electron chi connectivity index (χ3n) is 6.65. The summed E-state index contributed by atoms with van der Waals surface area (Å²) in [5.41, 5.74) is 6.15. The van der Waals surface area contributed by atoms with E-state index in [0.717, 1.165) is 54.9 Å². The highest BCUT2D eigenvalue weighted by Crippen LogP contribution is 2.43. The molecule has 0 bridgehead atoms.